The largest absolute Gasteiger partial charge is 0.367 e. The molecular weight excluding hydrogens is 228 g/mol. The quantitative estimate of drug-likeness (QED) is 0.766. The zero-order valence-electron chi connectivity index (χ0n) is 9.54. The fraction of sp³-hybridized carbons (Fsp3) is 0.818. The van der Waals surface area contributed by atoms with Crippen LogP contribution in [-0.4, -0.2) is 16.7 Å². The van der Waals surface area contributed by atoms with Crippen LogP contribution in [0, 0.1) is 0 Å². The third-order valence-corrected chi connectivity index (χ3v) is 3.29. The highest BCUT2D eigenvalue weighted by molar-refractivity contribution is 6.27. The topological polar surface area (TPSA) is 48.2 Å². The van der Waals surface area contributed by atoms with Crippen molar-refractivity contribution in [3.05, 3.63) is 11.2 Å². The van der Waals surface area contributed by atoms with Crippen molar-refractivity contribution in [1.29, 1.82) is 0 Å². The van der Waals surface area contributed by atoms with Crippen LogP contribution >= 0.6 is 11.6 Å². The molecule has 0 unspecified atom stereocenters. The van der Waals surface area contributed by atoms with E-state index in [0.29, 0.717) is 12.4 Å². The Kier molecular flexibility index (Phi) is 3.82. The molecule has 0 N–H and O–H groups in total. The molecule has 1 aromatic heterocycles. The van der Waals surface area contributed by atoms with Gasteiger partial charge in [0.2, 0.25) is 5.82 Å². The molecule has 2 rings (SSSR count). The van der Waals surface area contributed by atoms with E-state index >= 15 is 0 Å². The number of rotatable bonds is 3. The molecular formula is C11H17ClN2O2. The summed E-state index contributed by atoms with van der Waals surface area (Å²) in [6.07, 6.45) is 6.70. The zero-order valence-corrected chi connectivity index (χ0v) is 10.3. The number of halogens is 1. The summed E-state index contributed by atoms with van der Waals surface area (Å²) in [5.74, 6) is 0.612. The predicted octanol–water partition coefficient (Wildman–Crippen LogP) is 3.31. The number of nitrogens with zero attached hydrogens (tertiary/aromatic N) is 2. The summed E-state index contributed by atoms with van der Waals surface area (Å²) < 4.78 is 10.8. The van der Waals surface area contributed by atoms with E-state index in [-0.39, 0.29) is 11.0 Å². The molecule has 0 bridgehead atoms. The monoisotopic (exact) mass is 244 g/mol. The molecule has 1 fully saturated rings. The van der Waals surface area contributed by atoms with Gasteiger partial charge in [-0.05, 0) is 31.4 Å². The van der Waals surface area contributed by atoms with E-state index < -0.39 is 0 Å². The lowest BCUT2D eigenvalue weighted by atomic mass is 9.93. The summed E-state index contributed by atoms with van der Waals surface area (Å²) in [5.41, 5.74) is -0.373. The highest BCUT2D eigenvalue weighted by Crippen LogP contribution is 2.38. The lowest BCUT2D eigenvalue weighted by molar-refractivity contribution is -0.0636. The van der Waals surface area contributed by atoms with Crippen molar-refractivity contribution in [2.24, 2.45) is 0 Å². The van der Waals surface area contributed by atoms with E-state index in [9.17, 15) is 0 Å². The highest BCUT2D eigenvalue weighted by atomic mass is 35.5. The van der Waals surface area contributed by atoms with E-state index in [1.54, 1.807) is 0 Å². The van der Waals surface area contributed by atoms with Gasteiger partial charge in [0.25, 0.3) is 0 Å². The van der Waals surface area contributed by atoms with Crippen LogP contribution in [-0.2, 0) is 10.3 Å². The van der Waals surface area contributed by atoms with Gasteiger partial charge in [-0.2, -0.15) is 4.98 Å². The fourth-order valence-corrected chi connectivity index (χ4v) is 2.51. The molecule has 1 heterocycles. The molecule has 0 spiro atoms. The molecule has 0 amide bonds. The van der Waals surface area contributed by atoms with Crippen LogP contribution in [0.5, 0.6) is 0 Å². The van der Waals surface area contributed by atoms with Crippen LogP contribution in [0.2, 0.25) is 5.35 Å². The highest BCUT2D eigenvalue weighted by Gasteiger charge is 2.38. The van der Waals surface area contributed by atoms with Crippen molar-refractivity contribution in [1.82, 2.24) is 10.1 Å². The van der Waals surface area contributed by atoms with E-state index in [1.807, 2.05) is 6.92 Å². The minimum atomic E-state index is -0.373. The minimum Gasteiger partial charge on any atom is -0.367 e. The van der Waals surface area contributed by atoms with Crippen LogP contribution in [0.1, 0.15) is 51.3 Å². The van der Waals surface area contributed by atoms with Crippen molar-refractivity contribution in [2.45, 2.75) is 51.0 Å². The SMILES string of the molecule is CCOC1(c2noc(Cl)n2)CCCCCC1. The van der Waals surface area contributed by atoms with Crippen molar-refractivity contribution in [3.8, 4) is 0 Å². The van der Waals surface area contributed by atoms with Gasteiger partial charge in [-0.3, -0.25) is 0 Å². The van der Waals surface area contributed by atoms with E-state index in [4.69, 9.17) is 20.9 Å². The third kappa shape index (κ3) is 2.38. The molecule has 1 aliphatic carbocycles. The van der Waals surface area contributed by atoms with E-state index in [0.717, 1.165) is 25.7 Å². The van der Waals surface area contributed by atoms with Crippen LogP contribution in [0.4, 0.5) is 0 Å². The van der Waals surface area contributed by atoms with Crippen LogP contribution in [0.25, 0.3) is 0 Å². The fourth-order valence-electron chi connectivity index (χ4n) is 2.40. The second kappa shape index (κ2) is 5.15. The smallest absolute Gasteiger partial charge is 0.320 e. The number of ether oxygens (including phenoxy) is 1. The van der Waals surface area contributed by atoms with Crippen molar-refractivity contribution >= 4 is 11.6 Å². The lowest BCUT2D eigenvalue weighted by Crippen LogP contribution is -2.30. The average molecular weight is 245 g/mol. The lowest BCUT2D eigenvalue weighted by Gasteiger charge is -2.28. The Bertz CT molecular complexity index is 332. The summed E-state index contributed by atoms with van der Waals surface area (Å²) >= 11 is 5.69. The Morgan fingerprint density at radius 2 is 2.00 bits per heavy atom. The van der Waals surface area contributed by atoms with Gasteiger partial charge < -0.3 is 9.26 Å². The zero-order chi connectivity index (χ0) is 11.4. The van der Waals surface area contributed by atoms with Gasteiger partial charge in [0.05, 0.1) is 0 Å². The van der Waals surface area contributed by atoms with Gasteiger partial charge in [0.1, 0.15) is 5.60 Å². The molecule has 0 aromatic carbocycles. The first kappa shape index (κ1) is 11.9. The predicted molar refractivity (Wildman–Crippen MR) is 60.3 cm³/mol. The van der Waals surface area contributed by atoms with Gasteiger partial charge in [-0.1, -0.05) is 30.8 Å². The molecule has 1 aromatic rings. The van der Waals surface area contributed by atoms with Gasteiger partial charge >= 0.3 is 5.35 Å². The normalized spacial score (nSPS) is 20.6. The number of hydrogen-bond donors (Lipinski definition) is 0. The van der Waals surface area contributed by atoms with Gasteiger partial charge in [-0.25, -0.2) is 0 Å². The second-order valence-corrected chi connectivity index (χ2v) is 4.54. The standard InChI is InChI=1S/C11H17ClN2O2/c1-2-15-11(7-5-3-4-6-8-11)9-13-10(12)16-14-9/h2-8H2,1H3. The molecule has 1 saturated carbocycles. The van der Waals surface area contributed by atoms with Crippen LogP contribution in [0.15, 0.2) is 4.52 Å². The Hall–Kier alpha value is -0.610. The maximum absolute atomic E-state index is 5.91. The summed E-state index contributed by atoms with van der Waals surface area (Å²) in [6.45, 7) is 2.65. The average Bonchev–Trinajstić information content (AvgIpc) is 2.57. The second-order valence-electron chi connectivity index (χ2n) is 4.21. The molecule has 90 valence electrons. The molecule has 0 aliphatic heterocycles. The van der Waals surface area contributed by atoms with E-state index in [1.165, 1.54) is 12.8 Å². The van der Waals surface area contributed by atoms with Crippen molar-refractivity contribution in [2.75, 3.05) is 6.61 Å². The van der Waals surface area contributed by atoms with Crippen LogP contribution < -0.4 is 0 Å². The maximum Gasteiger partial charge on any atom is 0.320 e. The van der Waals surface area contributed by atoms with E-state index in [2.05, 4.69) is 10.1 Å². The van der Waals surface area contributed by atoms with Gasteiger partial charge in [-0.15, -0.1) is 0 Å². The molecule has 5 heteroatoms. The first-order valence-corrected chi connectivity index (χ1v) is 6.28. The van der Waals surface area contributed by atoms with Gasteiger partial charge in [0, 0.05) is 6.61 Å². The summed E-state index contributed by atoms with van der Waals surface area (Å²) in [4.78, 5) is 4.13. The van der Waals surface area contributed by atoms with Gasteiger partial charge in [0.15, 0.2) is 0 Å². The Morgan fingerprint density at radius 1 is 1.31 bits per heavy atom. The molecule has 16 heavy (non-hydrogen) atoms. The first-order chi connectivity index (χ1) is 7.77. The molecule has 0 saturated heterocycles. The molecule has 1 aliphatic rings. The number of hydrogen-bond acceptors (Lipinski definition) is 4. The summed E-state index contributed by atoms with van der Waals surface area (Å²) in [7, 11) is 0. The maximum atomic E-state index is 5.91. The summed E-state index contributed by atoms with van der Waals surface area (Å²) in [5, 5.41) is 4.02. The third-order valence-electron chi connectivity index (χ3n) is 3.14. The molecule has 0 radical (unpaired) electrons. The van der Waals surface area contributed by atoms with Crippen molar-refractivity contribution < 1.29 is 9.26 Å². The molecule has 0 atom stereocenters. The Balaban J connectivity index is 2.25. The van der Waals surface area contributed by atoms with Crippen LogP contribution in [0.3, 0.4) is 0 Å². The minimum absolute atomic E-state index is 0.0957. The summed E-state index contributed by atoms with van der Waals surface area (Å²) in [6, 6.07) is 0. The molecule has 4 nitrogen and oxygen atoms in total. The Morgan fingerprint density at radius 3 is 2.50 bits per heavy atom. The Labute approximate surface area is 100 Å². The van der Waals surface area contributed by atoms with Crippen molar-refractivity contribution in [3.63, 3.8) is 0 Å². The first-order valence-electron chi connectivity index (χ1n) is 5.90. The number of aromatic nitrogens is 2.